The van der Waals surface area contributed by atoms with Gasteiger partial charge in [0, 0.05) is 17.3 Å². The van der Waals surface area contributed by atoms with Crippen molar-refractivity contribution in [2.24, 2.45) is 0 Å². The number of thiophene rings is 1. The summed E-state index contributed by atoms with van der Waals surface area (Å²) in [5, 5.41) is 11.7. The number of hydrogen-bond acceptors (Lipinski definition) is 4. The van der Waals surface area contributed by atoms with Crippen molar-refractivity contribution in [2.75, 3.05) is 6.61 Å². The highest BCUT2D eigenvalue weighted by Crippen LogP contribution is 2.09. The predicted molar refractivity (Wildman–Crippen MR) is 62.2 cm³/mol. The lowest BCUT2D eigenvalue weighted by atomic mass is 10.4. The van der Waals surface area contributed by atoms with Crippen LogP contribution in [-0.2, 0) is 17.9 Å². The Balaban J connectivity index is 1.66. The van der Waals surface area contributed by atoms with Crippen LogP contribution in [0.1, 0.15) is 4.88 Å². The maximum absolute atomic E-state index is 9.68. The Kier molecular flexibility index (Phi) is 4.10. The van der Waals surface area contributed by atoms with Crippen molar-refractivity contribution in [2.45, 2.75) is 19.3 Å². The Morgan fingerprint density at radius 2 is 2.50 bits per heavy atom. The zero-order valence-corrected chi connectivity index (χ0v) is 9.64. The highest BCUT2D eigenvalue weighted by atomic mass is 32.1. The molecule has 0 aromatic carbocycles. The number of aliphatic hydroxyl groups is 1. The molecule has 2 aromatic rings. The Bertz CT molecular complexity index is 386. The zero-order valence-electron chi connectivity index (χ0n) is 8.82. The van der Waals surface area contributed by atoms with Crippen molar-refractivity contribution in [1.82, 2.24) is 9.55 Å². The fraction of sp³-hybridized carbons (Fsp3) is 0.364. The highest BCUT2D eigenvalue weighted by Gasteiger charge is 2.05. The van der Waals surface area contributed by atoms with Gasteiger partial charge >= 0.3 is 0 Å². The molecule has 0 aliphatic heterocycles. The summed E-state index contributed by atoms with van der Waals surface area (Å²) in [5.41, 5.74) is 0. The van der Waals surface area contributed by atoms with E-state index in [0.29, 0.717) is 19.8 Å². The molecule has 2 rings (SSSR count). The molecule has 0 fully saturated rings. The van der Waals surface area contributed by atoms with Crippen LogP contribution in [0.2, 0.25) is 0 Å². The van der Waals surface area contributed by atoms with Gasteiger partial charge in [-0.2, -0.15) is 0 Å². The molecular weight excluding hydrogens is 224 g/mol. The van der Waals surface area contributed by atoms with E-state index in [9.17, 15) is 5.11 Å². The molecule has 0 spiro atoms. The Hall–Kier alpha value is -1.17. The van der Waals surface area contributed by atoms with Crippen molar-refractivity contribution < 1.29 is 9.84 Å². The molecule has 16 heavy (non-hydrogen) atoms. The van der Waals surface area contributed by atoms with Gasteiger partial charge in [0.25, 0.3) is 0 Å². The summed E-state index contributed by atoms with van der Waals surface area (Å²) >= 11 is 1.66. The van der Waals surface area contributed by atoms with Gasteiger partial charge in [0.05, 0.1) is 32.2 Å². The number of nitrogens with zero attached hydrogens (tertiary/aromatic N) is 2. The minimum Gasteiger partial charge on any atom is -0.389 e. The second-order valence-electron chi connectivity index (χ2n) is 3.51. The Labute approximate surface area is 98.1 Å². The molecule has 4 nitrogen and oxygen atoms in total. The van der Waals surface area contributed by atoms with Crippen molar-refractivity contribution >= 4 is 11.3 Å². The van der Waals surface area contributed by atoms with Gasteiger partial charge in [-0.05, 0) is 11.4 Å². The van der Waals surface area contributed by atoms with Crippen molar-refractivity contribution in [1.29, 1.82) is 0 Å². The second-order valence-corrected chi connectivity index (χ2v) is 4.54. The standard InChI is InChI=1S/C11H14N2O2S/c14-10(6-13-4-3-12-9-13)7-15-8-11-2-1-5-16-11/h1-5,9-10,14H,6-8H2. The van der Waals surface area contributed by atoms with Crippen molar-refractivity contribution in [3.05, 3.63) is 41.1 Å². The first-order valence-corrected chi connectivity index (χ1v) is 5.96. The van der Waals surface area contributed by atoms with Gasteiger partial charge in [0.2, 0.25) is 0 Å². The van der Waals surface area contributed by atoms with E-state index in [0.717, 1.165) is 0 Å². The van der Waals surface area contributed by atoms with E-state index < -0.39 is 6.10 Å². The Morgan fingerprint density at radius 3 is 3.19 bits per heavy atom. The summed E-state index contributed by atoms with van der Waals surface area (Å²) in [6.07, 6.45) is 4.71. The molecule has 1 unspecified atom stereocenters. The van der Waals surface area contributed by atoms with E-state index in [1.54, 1.807) is 23.9 Å². The second kappa shape index (κ2) is 5.79. The lowest BCUT2D eigenvalue weighted by molar-refractivity contribution is 0.0213. The lowest BCUT2D eigenvalue weighted by Crippen LogP contribution is -2.21. The molecule has 2 aromatic heterocycles. The van der Waals surface area contributed by atoms with Gasteiger partial charge < -0.3 is 14.4 Å². The fourth-order valence-electron chi connectivity index (χ4n) is 1.38. The molecule has 86 valence electrons. The van der Waals surface area contributed by atoms with E-state index in [-0.39, 0.29) is 0 Å². The molecule has 5 heteroatoms. The van der Waals surface area contributed by atoms with Crippen LogP contribution in [0.5, 0.6) is 0 Å². The van der Waals surface area contributed by atoms with Crippen LogP contribution in [0.25, 0.3) is 0 Å². The Morgan fingerprint density at radius 1 is 1.56 bits per heavy atom. The van der Waals surface area contributed by atoms with E-state index in [1.165, 1.54) is 4.88 Å². The third kappa shape index (κ3) is 3.44. The third-order valence-electron chi connectivity index (χ3n) is 2.12. The number of ether oxygens (including phenoxy) is 1. The quantitative estimate of drug-likeness (QED) is 0.830. The molecule has 0 saturated heterocycles. The van der Waals surface area contributed by atoms with Crippen molar-refractivity contribution in [3.63, 3.8) is 0 Å². The minimum atomic E-state index is -0.492. The van der Waals surface area contributed by atoms with Crippen LogP contribution in [0.15, 0.2) is 36.2 Å². The first-order valence-electron chi connectivity index (χ1n) is 5.08. The van der Waals surface area contributed by atoms with Crippen LogP contribution in [0, 0.1) is 0 Å². The lowest BCUT2D eigenvalue weighted by Gasteiger charge is -2.11. The topological polar surface area (TPSA) is 47.3 Å². The van der Waals surface area contributed by atoms with Gasteiger partial charge in [-0.15, -0.1) is 11.3 Å². The third-order valence-corrected chi connectivity index (χ3v) is 2.97. The summed E-state index contributed by atoms with van der Waals surface area (Å²) in [7, 11) is 0. The number of imidazole rings is 1. The monoisotopic (exact) mass is 238 g/mol. The summed E-state index contributed by atoms with van der Waals surface area (Å²) in [5.74, 6) is 0. The van der Waals surface area contributed by atoms with Crippen LogP contribution in [0.3, 0.4) is 0 Å². The number of rotatable bonds is 6. The van der Waals surface area contributed by atoms with Crippen molar-refractivity contribution in [3.8, 4) is 0 Å². The number of hydrogen-bond donors (Lipinski definition) is 1. The SMILES string of the molecule is OC(COCc1cccs1)Cn1ccnc1. The smallest absolute Gasteiger partial charge is 0.0952 e. The average molecular weight is 238 g/mol. The van der Waals surface area contributed by atoms with Gasteiger partial charge in [0.15, 0.2) is 0 Å². The first kappa shape index (κ1) is 11.3. The minimum absolute atomic E-state index is 0.343. The fourth-order valence-corrected chi connectivity index (χ4v) is 2.02. The van der Waals surface area contributed by atoms with Gasteiger partial charge in [0.1, 0.15) is 0 Å². The number of aromatic nitrogens is 2. The van der Waals surface area contributed by atoms with E-state index in [4.69, 9.17) is 4.74 Å². The van der Waals surface area contributed by atoms with Gasteiger partial charge in [-0.3, -0.25) is 0 Å². The summed E-state index contributed by atoms with van der Waals surface area (Å²) in [6, 6.07) is 4.01. The zero-order chi connectivity index (χ0) is 11.2. The maximum atomic E-state index is 9.68. The molecule has 2 heterocycles. The molecule has 0 amide bonds. The molecular formula is C11H14N2O2S. The molecule has 1 N–H and O–H groups in total. The summed E-state index contributed by atoms with van der Waals surface area (Å²) in [4.78, 5) is 5.08. The molecule has 0 aliphatic rings. The van der Waals surface area contributed by atoms with Crippen LogP contribution < -0.4 is 0 Å². The normalized spacial score (nSPS) is 12.8. The summed E-state index contributed by atoms with van der Waals surface area (Å²) in [6.45, 7) is 1.43. The molecule has 0 aliphatic carbocycles. The number of aliphatic hydroxyl groups excluding tert-OH is 1. The van der Waals surface area contributed by atoms with E-state index >= 15 is 0 Å². The van der Waals surface area contributed by atoms with Gasteiger partial charge in [-0.1, -0.05) is 6.07 Å². The van der Waals surface area contributed by atoms with Crippen LogP contribution in [-0.4, -0.2) is 27.4 Å². The first-order chi connectivity index (χ1) is 7.84. The highest BCUT2D eigenvalue weighted by molar-refractivity contribution is 7.09. The molecule has 0 saturated carbocycles. The predicted octanol–water partition coefficient (Wildman–Crippen LogP) is 1.52. The largest absolute Gasteiger partial charge is 0.389 e. The molecule has 0 radical (unpaired) electrons. The van der Waals surface area contributed by atoms with E-state index in [2.05, 4.69) is 4.98 Å². The molecule has 1 atom stereocenters. The van der Waals surface area contributed by atoms with Crippen LogP contribution >= 0.6 is 11.3 Å². The summed E-state index contributed by atoms with van der Waals surface area (Å²) < 4.78 is 7.25. The van der Waals surface area contributed by atoms with Crippen LogP contribution in [0.4, 0.5) is 0 Å². The van der Waals surface area contributed by atoms with E-state index in [1.807, 2.05) is 28.3 Å². The average Bonchev–Trinajstić information content (AvgIpc) is 2.90. The molecule has 0 bridgehead atoms. The van der Waals surface area contributed by atoms with Gasteiger partial charge in [-0.25, -0.2) is 4.98 Å². The maximum Gasteiger partial charge on any atom is 0.0952 e.